The summed E-state index contributed by atoms with van der Waals surface area (Å²) in [5.74, 6) is 0. The van der Waals surface area contributed by atoms with Crippen molar-refractivity contribution in [2.75, 3.05) is 19.8 Å². The molecule has 1 aromatic rings. The van der Waals surface area contributed by atoms with Crippen LogP contribution in [0.4, 0.5) is 0 Å². The molecule has 0 aromatic carbocycles. The van der Waals surface area contributed by atoms with E-state index >= 15 is 0 Å². The molecule has 1 heterocycles. The van der Waals surface area contributed by atoms with Gasteiger partial charge in [-0.15, -0.1) is 0 Å². The van der Waals surface area contributed by atoms with Crippen molar-refractivity contribution >= 4 is 0 Å². The Kier molecular flexibility index (Phi) is 5.12. The molecule has 15 heavy (non-hydrogen) atoms. The summed E-state index contributed by atoms with van der Waals surface area (Å²) in [6, 6.07) is 3.66. The molecule has 80 valence electrons. The SMILES string of the molecule is CCCOCCOc1nccc(C#N)n1. The minimum absolute atomic E-state index is 0.217. The van der Waals surface area contributed by atoms with Crippen LogP contribution in [0.2, 0.25) is 0 Å². The Morgan fingerprint density at radius 3 is 3.00 bits per heavy atom. The molecule has 0 aliphatic rings. The van der Waals surface area contributed by atoms with Gasteiger partial charge in [0.15, 0.2) is 0 Å². The zero-order valence-electron chi connectivity index (χ0n) is 8.64. The van der Waals surface area contributed by atoms with Gasteiger partial charge in [-0.1, -0.05) is 6.92 Å². The number of aromatic nitrogens is 2. The minimum Gasteiger partial charge on any atom is -0.461 e. The smallest absolute Gasteiger partial charge is 0.317 e. The molecule has 0 spiro atoms. The first-order valence-electron chi connectivity index (χ1n) is 4.80. The van der Waals surface area contributed by atoms with Crippen molar-refractivity contribution in [2.24, 2.45) is 0 Å². The van der Waals surface area contributed by atoms with Gasteiger partial charge in [0.2, 0.25) is 0 Å². The molecule has 0 N–H and O–H groups in total. The van der Waals surface area contributed by atoms with Crippen molar-refractivity contribution in [3.63, 3.8) is 0 Å². The molecule has 0 aliphatic carbocycles. The quantitative estimate of drug-likeness (QED) is 0.654. The van der Waals surface area contributed by atoms with Crippen LogP contribution in [0, 0.1) is 11.3 Å². The summed E-state index contributed by atoms with van der Waals surface area (Å²) in [6.07, 6.45) is 2.48. The van der Waals surface area contributed by atoms with Crippen LogP contribution >= 0.6 is 0 Å². The predicted molar refractivity (Wildman–Crippen MR) is 53.4 cm³/mol. The van der Waals surface area contributed by atoms with Crippen LogP contribution in [0.1, 0.15) is 19.0 Å². The second-order valence-electron chi connectivity index (χ2n) is 2.80. The van der Waals surface area contributed by atoms with Crippen LogP contribution in [0.15, 0.2) is 12.3 Å². The van der Waals surface area contributed by atoms with E-state index in [4.69, 9.17) is 14.7 Å². The van der Waals surface area contributed by atoms with Crippen molar-refractivity contribution in [1.82, 2.24) is 9.97 Å². The molecule has 1 rings (SSSR count). The maximum Gasteiger partial charge on any atom is 0.317 e. The maximum absolute atomic E-state index is 8.58. The second kappa shape index (κ2) is 6.74. The van der Waals surface area contributed by atoms with Crippen molar-refractivity contribution in [2.45, 2.75) is 13.3 Å². The van der Waals surface area contributed by atoms with E-state index in [0.717, 1.165) is 13.0 Å². The summed E-state index contributed by atoms with van der Waals surface area (Å²) >= 11 is 0. The standard InChI is InChI=1S/C10H13N3O2/c1-2-5-14-6-7-15-10-12-4-3-9(8-11)13-10/h3-4H,2,5-7H2,1H3. The van der Waals surface area contributed by atoms with Crippen molar-refractivity contribution < 1.29 is 9.47 Å². The fourth-order valence-electron chi connectivity index (χ4n) is 0.911. The van der Waals surface area contributed by atoms with Crippen molar-refractivity contribution in [3.05, 3.63) is 18.0 Å². The molecule has 0 saturated heterocycles. The zero-order chi connectivity index (χ0) is 10.9. The van der Waals surface area contributed by atoms with E-state index in [-0.39, 0.29) is 6.01 Å². The van der Waals surface area contributed by atoms with Crippen LogP contribution in [0.25, 0.3) is 0 Å². The second-order valence-corrected chi connectivity index (χ2v) is 2.80. The largest absolute Gasteiger partial charge is 0.461 e. The van der Waals surface area contributed by atoms with Gasteiger partial charge < -0.3 is 9.47 Å². The van der Waals surface area contributed by atoms with E-state index < -0.39 is 0 Å². The molecule has 0 aliphatic heterocycles. The number of hydrogen-bond donors (Lipinski definition) is 0. The van der Waals surface area contributed by atoms with Gasteiger partial charge in [-0.25, -0.2) is 4.98 Å². The molecule has 0 saturated carbocycles. The molecule has 0 bridgehead atoms. The number of nitriles is 1. The Morgan fingerprint density at radius 2 is 2.27 bits per heavy atom. The summed E-state index contributed by atoms with van der Waals surface area (Å²) in [7, 11) is 0. The summed E-state index contributed by atoms with van der Waals surface area (Å²) in [6.45, 7) is 3.67. The maximum atomic E-state index is 8.58. The molecular weight excluding hydrogens is 194 g/mol. The summed E-state index contributed by atoms with van der Waals surface area (Å²) in [4.78, 5) is 7.72. The fourth-order valence-corrected chi connectivity index (χ4v) is 0.911. The van der Waals surface area contributed by atoms with E-state index in [2.05, 4.69) is 9.97 Å². The third-order valence-corrected chi connectivity index (χ3v) is 1.56. The van der Waals surface area contributed by atoms with E-state index in [1.807, 2.05) is 13.0 Å². The van der Waals surface area contributed by atoms with E-state index in [1.165, 1.54) is 12.3 Å². The summed E-state index contributed by atoms with van der Waals surface area (Å²) in [5, 5.41) is 8.58. The lowest BCUT2D eigenvalue weighted by atomic mass is 10.4. The normalized spacial score (nSPS) is 9.60. The van der Waals surface area contributed by atoms with E-state index in [1.54, 1.807) is 0 Å². The van der Waals surface area contributed by atoms with Gasteiger partial charge in [-0.05, 0) is 12.5 Å². The van der Waals surface area contributed by atoms with Gasteiger partial charge >= 0.3 is 6.01 Å². The molecule has 5 nitrogen and oxygen atoms in total. The first kappa shape index (κ1) is 11.4. The molecule has 5 heteroatoms. The first-order valence-corrected chi connectivity index (χ1v) is 4.80. The molecule has 0 atom stereocenters. The van der Waals surface area contributed by atoms with Crippen molar-refractivity contribution in [3.8, 4) is 12.1 Å². The van der Waals surface area contributed by atoms with Gasteiger partial charge in [-0.2, -0.15) is 10.2 Å². The lowest BCUT2D eigenvalue weighted by molar-refractivity contribution is 0.0972. The van der Waals surface area contributed by atoms with E-state index in [0.29, 0.717) is 18.9 Å². The highest BCUT2D eigenvalue weighted by molar-refractivity contribution is 5.19. The Bertz CT molecular complexity index is 336. The topological polar surface area (TPSA) is 68.0 Å². The lowest BCUT2D eigenvalue weighted by Gasteiger charge is -2.04. The van der Waals surface area contributed by atoms with Crippen LogP contribution in [-0.4, -0.2) is 29.8 Å². The van der Waals surface area contributed by atoms with Crippen LogP contribution in [0.5, 0.6) is 6.01 Å². The Hall–Kier alpha value is -1.67. The average molecular weight is 207 g/mol. The molecular formula is C10H13N3O2. The minimum atomic E-state index is 0.217. The number of hydrogen-bond acceptors (Lipinski definition) is 5. The zero-order valence-corrected chi connectivity index (χ0v) is 8.64. The summed E-state index contributed by atoms with van der Waals surface area (Å²) < 4.78 is 10.4. The van der Waals surface area contributed by atoms with Gasteiger partial charge in [0.05, 0.1) is 6.61 Å². The van der Waals surface area contributed by atoms with Crippen LogP contribution in [0.3, 0.4) is 0 Å². The lowest BCUT2D eigenvalue weighted by Crippen LogP contribution is -2.09. The third-order valence-electron chi connectivity index (χ3n) is 1.56. The first-order chi connectivity index (χ1) is 7.36. The average Bonchev–Trinajstić information content (AvgIpc) is 2.29. The highest BCUT2D eigenvalue weighted by Crippen LogP contribution is 2.01. The van der Waals surface area contributed by atoms with Crippen LogP contribution in [-0.2, 0) is 4.74 Å². The summed E-state index contributed by atoms with van der Waals surface area (Å²) in [5.41, 5.74) is 0.300. The predicted octanol–water partition coefficient (Wildman–Crippen LogP) is 1.15. The monoisotopic (exact) mass is 207 g/mol. The van der Waals surface area contributed by atoms with E-state index in [9.17, 15) is 0 Å². The Morgan fingerprint density at radius 1 is 1.40 bits per heavy atom. The fraction of sp³-hybridized carbons (Fsp3) is 0.500. The molecule has 0 radical (unpaired) electrons. The molecule has 0 amide bonds. The molecule has 0 fully saturated rings. The Labute approximate surface area is 88.7 Å². The third kappa shape index (κ3) is 4.38. The van der Waals surface area contributed by atoms with Crippen molar-refractivity contribution in [1.29, 1.82) is 5.26 Å². The Balaban J connectivity index is 2.28. The van der Waals surface area contributed by atoms with Gasteiger partial charge in [0.25, 0.3) is 0 Å². The highest BCUT2D eigenvalue weighted by atomic mass is 16.5. The highest BCUT2D eigenvalue weighted by Gasteiger charge is 1.98. The van der Waals surface area contributed by atoms with Gasteiger partial charge in [-0.3, -0.25) is 0 Å². The number of ether oxygens (including phenoxy) is 2. The molecule has 1 aromatic heterocycles. The van der Waals surface area contributed by atoms with Gasteiger partial charge in [0.1, 0.15) is 18.4 Å². The van der Waals surface area contributed by atoms with Crippen LogP contribution < -0.4 is 4.74 Å². The number of nitrogens with zero attached hydrogens (tertiary/aromatic N) is 3. The van der Waals surface area contributed by atoms with Gasteiger partial charge in [0, 0.05) is 12.8 Å². The number of rotatable bonds is 6. The molecule has 0 unspecified atom stereocenters.